The number of hydrogen-bond acceptors (Lipinski definition) is 2. The number of aryl methyl sites for hydroxylation is 1. The van der Waals surface area contributed by atoms with Crippen LogP contribution in [0.3, 0.4) is 0 Å². The summed E-state index contributed by atoms with van der Waals surface area (Å²) in [6, 6.07) is 17.5. The number of rotatable bonds is 7. The second-order valence-electron chi connectivity index (χ2n) is 5.45. The Bertz CT molecular complexity index is 548. The van der Waals surface area contributed by atoms with E-state index in [1.807, 2.05) is 12.1 Å². The van der Waals surface area contributed by atoms with Gasteiger partial charge in [0, 0.05) is 12.6 Å². The van der Waals surface area contributed by atoms with Gasteiger partial charge in [0.25, 0.3) is 0 Å². The zero-order valence-corrected chi connectivity index (χ0v) is 13.2. The van der Waals surface area contributed by atoms with Gasteiger partial charge in [-0.25, -0.2) is 0 Å². The molecule has 2 heteroatoms. The molecule has 112 valence electrons. The minimum atomic E-state index is 0.340. The van der Waals surface area contributed by atoms with Gasteiger partial charge in [0.05, 0.1) is 7.11 Å². The Morgan fingerprint density at radius 2 is 1.81 bits per heavy atom. The molecule has 0 saturated carbocycles. The SMILES string of the molecule is CCCc1ccc(C(C)NCc2cccc(OC)c2)cc1. The summed E-state index contributed by atoms with van der Waals surface area (Å²) in [5.74, 6) is 0.908. The van der Waals surface area contributed by atoms with Gasteiger partial charge in [-0.15, -0.1) is 0 Å². The smallest absolute Gasteiger partial charge is 0.119 e. The van der Waals surface area contributed by atoms with Crippen molar-refractivity contribution in [2.45, 2.75) is 39.3 Å². The van der Waals surface area contributed by atoms with Crippen LogP contribution in [-0.4, -0.2) is 7.11 Å². The summed E-state index contributed by atoms with van der Waals surface area (Å²) in [6.07, 6.45) is 2.36. The van der Waals surface area contributed by atoms with Gasteiger partial charge in [0.2, 0.25) is 0 Å². The van der Waals surface area contributed by atoms with E-state index in [9.17, 15) is 0 Å². The van der Waals surface area contributed by atoms with Crippen molar-refractivity contribution in [1.82, 2.24) is 5.32 Å². The second kappa shape index (κ2) is 7.84. The van der Waals surface area contributed by atoms with Crippen molar-refractivity contribution in [3.63, 3.8) is 0 Å². The standard InChI is InChI=1S/C19H25NO/c1-4-6-16-9-11-18(12-10-16)15(2)20-14-17-7-5-8-19(13-17)21-3/h5,7-13,15,20H,4,6,14H2,1-3H3. The zero-order valence-electron chi connectivity index (χ0n) is 13.2. The van der Waals surface area contributed by atoms with E-state index in [0.717, 1.165) is 18.7 Å². The fraction of sp³-hybridized carbons (Fsp3) is 0.368. The molecule has 0 bridgehead atoms. The van der Waals surface area contributed by atoms with E-state index in [2.05, 4.69) is 55.6 Å². The average Bonchev–Trinajstić information content (AvgIpc) is 2.54. The number of ether oxygens (including phenoxy) is 1. The molecular formula is C19H25NO. The summed E-state index contributed by atoms with van der Waals surface area (Å²) in [5.41, 5.74) is 3.99. The normalized spacial score (nSPS) is 12.1. The lowest BCUT2D eigenvalue weighted by Crippen LogP contribution is -2.18. The van der Waals surface area contributed by atoms with E-state index in [1.165, 1.54) is 23.1 Å². The van der Waals surface area contributed by atoms with Gasteiger partial charge < -0.3 is 10.1 Å². The molecular weight excluding hydrogens is 258 g/mol. The number of hydrogen-bond donors (Lipinski definition) is 1. The minimum Gasteiger partial charge on any atom is -0.497 e. The largest absolute Gasteiger partial charge is 0.497 e. The summed E-state index contributed by atoms with van der Waals surface area (Å²) in [6.45, 7) is 5.26. The highest BCUT2D eigenvalue weighted by Gasteiger charge is 2.05. The van der Waals surface area contributed by atoms with Crippen LogP contribution in [0, 0.1) is 0 Å². The van der Waals surface area contributed by atoms with E-state index < -0.39 is 0 Å². The molecule has 0 saturated heterocycles. The fourth-order valence-electron chi connectivity index (χ4n) is 2.43. The van der Waals surface area contributed by atoms with Crippen molar-refractivity contribution in [3.8, 4) is 5.75 Å². The predicted octanol–water partition coefficient (Wildman–Crippen LogP) is 4.50. The Balaban J connectivity index is 1.92. The average molecular weight is 283 g/mol. The first kappa shape index (κ1) is 15.6. The Hall–Kier alpha value is -1.80. The number of methoxy groups -OCH3 is 1. The molecule has 0 aliphatic carbocycles. The Morgan fingerprint density at radius 1 is 1.05 bits per heavy atom. The van der Waals surface area contributed by atoms with Crippen molar-refractivity contribution in [2.24, 2.45) is 0 Å². The van der Waals surface area contributed by atoms with Gasteiger partial charge in [-0.3, -0.25) is 0 Å². The summed E-state index contributed by atoms with van der Waals surface area (Å²) in [4.78, 5) is 0. The summed E-state index contributed by atoms with van der Waals surface area (Å²) in [7, 11) is 1.70. The topological polar surface area (TPSA) is 21.3 Å². The number of benzene rings is 2. The van der Waals surface area contributed by atoms with Crippen molar-refractivity contribution in [1.29, 1.82) is 0 Å². The quantitative estimate of drug-likeness (QED) is 0.808. The van der Waals surface area contributed by atoms with E-state index in [4.69, 9.17) is 4.74 Å². The van der Waals surface area contributed by atoms with Crippen molar-refractivity contribution in [2.75, 3.05) is 7.11 Å². The molecule has 0 aliphatic rings. The highest BCUT2D eigenvalue weighted by molar-refractivity contribution is 5.29. The van der Waals surface area contributed by atoms with Gasteiger partial charge in [-0.2, -0.15) is 0 Å². The molecule has 21 heavy (non-hydrogen) atoms. The molecule has 0 heterocycles. The highest BCUT2D eigenvalue weighted by Crippen LogP contribution is 2.17. The van der Waals surface area contributed by atoms with Crippen LogP contribution in [0.25, 0.3) is 0 Å². The molecule has 1 N–H and O–H groups in total. The lowest BCUT2D eigenvalue weighted by atomic mass is 10.0. The molecule has 2 aromatic rings. The summed E-state index contributed by atoms with van der Waals surface area (Å²) in [5, 5.41) is 3.56. The molecule has 0 spiro atoms. The van der Waals surface area contributed by atoms with Crippen LogP contribution in [-0.2, 0) is 13.0 Å². The maximum absolute atomic E-state index is 5.25. The van der Waals surface area contributed by atoms with Crippen LogP contribution in [0.4, 0.5) is 0 Å². The molecule has 0 aromatic heterocycles. The van der Waals surface area contributed by atoms with Crippen LogP contribution in [0.15, 0.2) is 48.5 Å². The van der Waals surface area contributed by atoms with E-state index in [-0.39, 0.29) is 0 Å². The lowest BCUT2D eigenvalue weighted by molar-refractivity contribution is 0.414. The third-order valence-electron chi connectivity index (χ3n) is 3.76. The first-order valence-electron chi connectivity index (χ1n) is 7.68. The maximum Gasteiger partial charge on any atom is 0.119 e. The van der Waals surface area contributed by atoms with Gasteiger partial charge in [-0.05, 0) is 42.2 Å². The molecule has 2 aromatic carbocycles. The van der Waals surface area contributed by atoms with Gasteiger partial charge >= 0.3 is 0 Å². The van der Waals surface area contributed by atoms with Crippen molar-refractivity contribution in [3.05, 3.63) is 65.2 Å². The Labute approximate surface area is 128 Å². The van der Waals surface area contributed by atoms with Gasteiger partial charge in [0.1, 0.15) is 5.75 Å². The third kappa shape index (κ3) is 4.61. The molecule has 0 aliphatic heterocycles. The Morgan fingerprint density at radius 3 is 2.48 bits per heavy atom. The lowest BCUT2D eigenvalue weighted by Gasteiger charge is -2.15. The van der Waals surface area contributed by atoms with E-state index >= 15 is 0 Å². The summed E-state index contributed by atoms with van der Waals surface area (Å²) < 4.78 is 5.25. The fourth-order valence-corrected chi connectivity index (χ4v) is 2.43. The first-order chi connectivity index (χ1) is 10.2. The first-order valence-corrected chi connectivity index (χ1v) is 7.68. The van der Waals surface area contributed by atoms with Crippen LogP contribution in [0.1, 0.15) is 43.0 Å². The van der Waals surface area contributed by atoms with Crippen LogP contribution in [0.5, 0.6) is 5.75 Å². The maximum atomic E-state index is 5.25. The molecule has 1 unspecified atom stereocenters. The number of nitrogens with one attached hydrogen (secondary N) is 1. The summed E-state index contributed by atoms with van der Waals surface area (Å²) >= 11 is 0. The molecule has 0 radical (unpaired) electrons. The Kier molecular flexibility index (Phi) is 5.82. The predicted molar refractivity (Wildman–Crippen MR) is 88.7 cm³/mol. The van der Waals surface area contributed by atoms with Crippen LogP contribution in [0.2, 0.25) is 0 Å². The van der Waals surface area contributed by atoms with E-state index in [0.29, 0.717) is 6.04 Å². The highest BCUT2D eigenvalue weighted by atomic mass is 16.5. The van der Waals surface area contributed by atoms with Gasteiger partial charge in [-0.1, -0.05) is 49.7 Å². The molecule has 2 nitrogen and oxygen atoms in total. The van der Waals surface area contributed by atoms with Crippen LogP contribution >= 0.6 is 0 Å². The van der Waals surface area contributed by atoms with Gasteiger partial charge in [0.15, 0.2) is 0 Å². The molecule has 1 atom stereocenters. The van der Waals surface area contributed by atoms with E-state index in [1.54, 1.807) is 7.11 Å². The minimum absolute atomic E-state index is 0.340. The second-order valence-corrected chi connectivity index (χ2v) is 5.45. The molecule has 0 fully saturated rings. The van der Waals surface area contributed by atoms with Crippen molar-refractivity contribution < 1.29 is 4.74 Å². The monoisotopic (exact) mass is 283 g/mol. The third-order valence-corrected chi connectivity index (χ3v) is 3.76. The molecule has 0 amide bonds. The molecule has 2 rings (SSSR count). The van der Waals surface area contributed by atoms with Crippen molar-refractivity contribution >= 4 is 0 Å². The van der Waals surface area contributed by atoms with Crippen LogP contribution < -0.4 is 10.1 Å². The zero-order chi connectivity index (χ0) is 15.1.